The van der Waals surface area contributed by atoms with E-state index in [0.29, 0.717) is 6.04 Å². The van der Waals surface area contributed by atoms with E-state index in [2.05, 4.69) is 10.00 Å². The number of carboxylic acid groups (broad SMARTS) is 1. The van der Waals surface area contributed by atoms with Gasteiger partial charge >= 0.3 is 5.97 Å². The van der Waals surface area contributed by atoms with Crippen LogP contribution in [0.2, 0.25) is 0 Å². The van der Waals surface area contributed by atoms with Crippen LogP contribution in [-0.2, 0) is 20.1 Å². The van der Waals surface area contributed by atoms with Crippen molar-refractivity contribution in [3.05, 3.63) is 17.0 Å². The first-order chi connectivity index (χ1) is 7.16. The lowest BCUT2D eigenvalue weighted by atomic mass is 10.2. The molecule has 0 atom stereocenters. The maximum Gasteiger partial charge on any atom is 0.356 e. The van der Waals surface area contributed by atoms with Crippen LogP contribution in [0, 0.1) is 0 Å². The van der Waals surface area contributed by atoms with Crippen molar-refractivity contribution in [2.45, 2.75) is 32.0 Å². The number of nitrogens with zero attached hydrogens (tertiary/aromatic N) is 3. The molecule has 2 aliphatic rings. The van der Waals surface area contributed by atoms with Crippen LogP contribution in [0.4, 0.5) is 0 Å². The molecule has 1 N–H and O–H groups in total. The number of rotatable bonds is 2. The van der Waals surface area contributed by atoms with E-state index in [9.17, 15) is 4.79 Å². The van der Waals surface area contributed by atoms with Gasteiger partial charge < -0.3 is 5.11 Å². The van der Waals surface area contributed by atoms with Crippen LogP contribution in [0.25, 0.3) is 0 Å². The minimum Gasteiger partial charge on any atom is -0.476 e. The van der Waals surface area contributed by atoms with Gasteiger partial charge in [0.2, 0.25) is 0 Å². The Hall–Kier alpha value is -1.36. The first-order valence-electron chi connectivity index (χ1n) is 5.19. The van der Waals surface area contributed by atoms with Crippen LogP contribution in [0.1, 0.15) is 34.6 Å². The highest BCUT2D eigenvalue weighted by atomic mass is 16.4. The minimum atomic E-state index is -0.913. The molecule has 1 aromatic rings. The molecule has 15 heavy (non-hydrogen) atoms. The monoisotopic (exact) mass is 207 g/mol. The molecule has 0 spiro atoms. The summed E-state index contributed by atoms with van der Waals surface area (Å²) in [5.74, 6) is -0.913. The minimum absolute atomic E-state index is 0.232. The van der Waals surface area contributed by atoms with Gasteiger partial charge in [0.25, 0.3) is 0 Å². The number of aryl methyl sites for hydroxylation is 1. The Balaban J connectivity index is 1.97. The third-order valence-electron chi connectivity index (χ3n) is 3.25. The number of carboxylic acids is 1. The zero-order chi connectivity index (χ0) is 10.6. The highest BCUT2D eigenvalue weighted by Gasteiger charge is 2.37. The number of carbonyl (C=O) groups is 1. The summed E-state index contributed by atoms with van der Waals surface area (Å²) in [6, 6.07) is 0.680. The second-order valence-electron chi connectivity index (χ2n) is 4.34. The van der Waals surface area contributed by atoms with Crippen LogP contribution in [-0.4, -0.2) is 31.8 Å². The molecule has 3 rings (SSSR count). The zero-order valence-electron chi connectivity index (χ0n) is 8.60. The van der Waals surface area contributed by atoms with Gasteiger partial charge in [-0.15, -0.1) is 0 Å². The molecule has 0 bridgehead atoms. The normalized spacial score (nSPS) is 20.6. The lowest BCUT2D eigenvalue weighted by Gasteiger charge is -2.13. The predicted octanol–water partition coefficient (Wildman–Crippen LogP) is 0.596. The van der Waals surface area contributed by atoms with Gasteiger partial charge in [-0.2, -0.15) is 5.10 Å². The molecular formula is C10H13N3O2. The summed E-state index contributed by atoms with van der Waals surface area (Å²) in [4.78, 5) is 13.3. The smallest absolute Gasteiger partial charge is 0.356 e. The fraction of sp³-hybridized carbons (Fsp3) is 0.600. The maximum atomic E-state index is 11.0. The van der Waals surface area contributed by atoms with Crippen molar-refractivity contribution in [2.24, 2.45) is 7.05 Å². The fourth-order valence-electron chi connectivity index (χ4n) is 2.29. The number of fused-ring (bicyclic) bond motifs is 1. The van der Waals surface area contributed by atoms with E-state index < -0.39 is 5.97 Å². The topological polar surface area (TPSA) is 58.4 Å². The molecule has 2 heterocycles. The van der Waals surface area contributed by atoms with Gasteiger partial charge in [-0.25, -0.2) is 4.79 Å². The molecular weight excluding hydrogens is 194 g/mol. The molecule has 0 amide bonds. The number of aromatic nitrogens is 2. The predicted molar refractivity (Wildman–Crippen MR) is 52.4 cm³/mol. The molecule has 0 saturated heterocycles. The van der Waals surface area contributed by atoms with Gasteiger partial charge in [-0.05, 0) is 12.8 Å². The Bertz CT molecular complexity index is 434. The second kappa shape index (κ2) is 2.82. The van der Waals surface area contributed by atoms with Crippen LogP contribution in [0.3, 0.4) is 0 Å². The third-order valence-corrected chi connectivity index (χ3v) is 3.25. The van der Waals surface area contributed by atoms with Gasteiger partial charge in [-0.3, -0.25) is 9.58 Å². The molecule has 1 fully saturated rings. The van der Waals surface area contributed by atoms with Gasteiger partial charge in [0.1, 0.15) is 0 Å². The van der Waals surface area contributed by atoms with E-state index in [0.717, 1.165) is 24.3 Å². The SMILES string of the molecule is Cn1nc(C(=O)O)c2c1CN(C1CC1)C2. The van der Waals surface area contributed by atoms with E-state index in [1.807, 2.05) is 7.05 Å². The summed E-state index contributed by atoms with van der Waals surface area (Å²) >= 11 is 0. The van der Waals surface area contributed by atoms with Crippen LogP contribution >= 0.6 is 0 Å². The summed E-state index contributed by atoms with van der Waals surface area (Å²) < 4.78 is 1.71. The van der Waals surface area contributed by atoms with E-state index in [1.165, 1.54) is 12.8 Å². The molecule has 1 aromatic heterocycles. The molecule has 1 aliphatic carbocycles. The van der Waals surface area contributed by atoms with Crippen LogP contribution < -0.4 is 0 Å². The maximum absolute atomic E-state index is 11.0. The van der Waals surface area contributed by atoms with Gasteiger partial charge in [-0.1, -0.05) is 0 Å². The Morgan fingerprint density at radius 2 is 2.20 bits per heavy atom. The van der Waals surface area contributed by atoms with E-state index in [1.54, 1.807) is 4.68 Å². The highest BCUT2D eigenvalue weighted by molar-refractivity contribution is 5.87. The van der Waals surface area contributed by atoms with Crippen molar-refractivity contribution < 1.29 is 9.90 Å². The standard InChI is InChI=1S/C10H13N3O2/c1-12-8-5-13(6-2-3-6)4-7(8)9(11-12)10(14)15/h6H,2-5H2,1H3,(H,14,15). The summed E-state index contributed by atoms with van der Waals surface area (Å²) in [7, 11) is 1.82. The molecule has 0 radical (unpaired) electrons. The fourth-order valence-corrected chi connectivity index (χ4v) is 2.29. The molecule has 0 unspecified atom stereocenters. The average molecular weight is 207 g/mol. The van der Waals surface area contributed by atoms with Gasteiger partial charge in [0, 0.05) is 31.7 Å². The van der Waals surface area contributed by atoms with E-state index in [-0.39, 0.29) is 5.69 Å². The summed E-state index contributed by atoms with van der Waals surface area (Å²) in [6.07, 6.45) is 2.51. The molecule has 80 valence electrons. The first kappa shape index (κ1) is 8.91. The lowest BCUT2D eigenvalue weighted by Crippen LogP contribution is -2.20. The Morgan fingerprint density at radius 1 is 1.47 bits per heavy atom. The molecule has 5 heteroatoms. The summed E-state index contributed by atoms with van der Waals surface area (Å²) in [5.41, 5.74) is 2.21. The number of hydrogen-bond acceptors (Lipinski definition) is 3. The molecule has 0 aromatic carbocycles. The third kappa shape index (κ3) is 1.26. The van der Waals surface area contributed by atoms with Gasteiger partial charge in [0.15, 0.2) is 5.69 Å². The quantitative estimate of drug-likeness (QED) is 0.771. The van der Waals surface area contributed by atoms with Crippen molar-refractivity contribution >= 4 is 5.97 Å². The average Bonchev–Trinajstić information content (AvgIpc) is 2.86. The van der Waals surface area contributed by atoms with E-state index in [4.69, 9.17) is 5.11 Å². The summed E-state index contributed by atoms with van der Waals surface area (Å²) in [5, 5.41) is 13.0. The van der Waals surface area contributed by atoms with Gasteiger partial charge in [0.05, 0.1) is 5.69 Å². The van der Waals surface area contributed by atoms with Crippen LogP contribution in [0.15, 0.2) is 0 Å². The zero-order valence-corrected chi connectivity index (χ0v) is 8.60. The first-order valence-corrected chi connectivity index (χ1v) is 5.19. The number of aromatic carboxylic acids is 1. The van der Waals surface area contributed by atoms with Crippen molar-refractivity contribution in [3.63, 3.8) is 0 Å². The van der Waals surface area contributed by atoms with Crippen molar-refractivity contribution in [3.8, 4) is 0 Å². The van der Waals surface area contributed by atoms with Crippen LogP contribution in [0.5, 0.6) is 0 Å². The Labute approximate surface area is 87.3 Å². The summed E-state index contributed by atoms with van der Waals surface area (Å²) in [6.45, 7) is 1.62. The Morgan fingerprint density at radius 3 is 2.80 bits per heavy atom. The van der Waals surface area contributed by atoms with E-state index >= 15 is 0 Å². The van der Waals surface area contributed by atoms with Crippen molar-refractivity contribution in [1.82, 2.24) is 14.7 Å². The highest BCUT2D eigenvalue weighted by Crippen LogP contribution is 2.35. The van der Waals surface area contributed by atoms with Crippen molar-refractivity contribution in [2.75, 3.05) is 0 Å². The Kier molecular flexibility index (Phi) is 1.68. The largest absolute Gasteiger partial charge is 0.476 e. The van der Waals surface area contributed by atoms with Crippen molar-refractivity contribution in [1.29, 1.82) is 0 Å². The second-order valence-corrected chi connectivity index (χ2v) is 4.34. The molecule has 1 saturated carbocycles. The molecule has 5 nitrogen and oxygen atoms in total. The molecule has 1 aliphatic heterocycles. The lowest BCUT2D eigenvalue weighted by molar-refractivity contribution is 0.0687. The number of hydrogen-bond donors (Lipinski definition) is 1.